The second-order valence-electron chi connectivity index (χ2n) is 15.5. The molecule has 0 amide bonds. The van der Waals surface area contributed by atoms with E-state index in [1.807, 2.05) is 0 Å². The predicted molar refractivity (Wildman–Crippen MR) is 217 cm³/mol. The standard InChI is InChI=1S/C22H26F3N3O2.C22H28F3N3O2/c1-28(15-10-12-18(13-11-15)29-16-6-2-3-7-16)20-19(22(23,24)25)14-26-21(27-20)30-17-8-4-5-9-17;1-3-4-7-14-29-21-26-15-19(22(23,24)25)20(27-21)28(2)16-10-12-18(13-11-16)30-17-8-5-6-9-17/h10-14,16-17H,2-9H2,1H3;10-13,15,17H,3-9,14H2,1-2H3. The van der Waals surface area contributed by atoms with Crippen LogP contribution >= 0.6 is 0 Å². The third-order valence-electron chi connectivity index (χ3n) is 11.0. The molecule has 326 valence electrons. The van der Waals surface area contributed by atoms with E-state index < -0.39 is 23.5 Å². The Bertz CT molecular complexity index is 1930. The van der Waals surface area contributed by atoms with Crippen LogP contribution < -0.4 is 28.7 Å². The Labute approximate surface area is 347 Å². The normalized spacial score (nSPS) is 16.4. The summed E-state index contributed by atoms with van der Waals surface area (Å²) in [6.45, 7) is 2.43. The lowest BCUT2D eigenvalue weighted by Gasteiger charge is -2.23. The van der Waals surface area contributed by atoms with Gasteiger partial charge < -0.3 is 28.7 Å². The SMILES string of the molecule is CCCCCOc1ncc(C(F)(F)F)c(N(C)c2ccc(OC3CCCC3)cc2)n1.CN(c1ccc(OC2CCCC2)cc1)c1nc(OC2CCCC2)ncc1C(F)(F)F. The lowest BCUT2D eigenvalue weighted by atomic mass is 10.2. The summed E-state index contributed by atoms with van der Waals surface area (Å²) in [7, 11) is 3.11. The van der Waals surface area contributed by atoms with Crippen LogP contribution in [0.25, 0.3) is 0 Å². The summed E-state index contributed by atoms with van der Waals surface area (Å²) < 4.78 is 104. The summed E-state index contributed by atoms with van der Waals surface area (Å²) in [4.78, 5) is 18.6. The average molecular weight is 845 g/mol. The molecule has 0 spiro atoms. The fourth-order valence-electron chi connectivity index (χ4n) is 7.56. The number of benzene rings is 2. The molecule has 0 saturated heterocycles. The van der Waals surface area contributed by atoms with Crippen LogP contribution in [-0.2, 0) is 12.4 Å². The van der Waals surface area contributed by atoms with Gasteiger partial charge in [-0.2, -0.15) is 36.3 Å². The maximum atomic E-state index is 13.6. The van der Waals surface area contributed by atoms with Gasteiger partial charge in [-0.3, -0.25) is 0 Å². The van der Waals surface area contributed by atoms with Crippen molar-refractivity contribution in [3.8, 4) is 23.5 Å². The van der Waals surface area contributed by atoms with Crippen LogP contribution in [0, 0.1) is 0 Å². The minimum Gasteiger partial charge on any atom is -0.490 e. The molecule has 0 bridgehead atoms. The van der Waals surface area contributed by atoms with Crippen LogP contribution in [0.5, 0.6) is 23.5 Å². The molecule has 0 N–H and O–H groups in total. The summed E-state index contributed by atoms with van der Waals surface area (Å²) >= 11 is 0. The predicted octanol–water partition coefficient (Wildman–Crippen LogP) is 12.1. The molecule has 10 nitrogen and oxygen atoms in total. The quantitative estimate of drug-likeness (QED) is 0.0850. The van der Waals surface area contributed by atoms with Gasteiger partial charge in [0.15, 0.2) is 11.6 Å². The third-order valence-corrected chi connectivity index (χ3v) is 11.0. The number of alkyl halides is 6. The first-order valence-corrected chi connectivity index (χ1v) is 21.0. The number of anilines is 4. The Morgan fingerprint density at radius 1 is 0.550 bits per heavy atom. The summed E-state index contributed by atoms with van der Waals surface area (Å²) in [6.07, 6.45) is 8.34. The van der Waals surface area contributed by atoms with Crippen LogP contribution in [-0.4, -0.2) is 59.0 Å². The van der Waals surface area contributed by atoms with Gasteiger partial charge in [-0.25, -0.2) is 9.97 Å². The Morgan fingerprint density at radius 3 is 1.33 bits per heavy atom. The molecular formula is C44H54F6N6O4. The Kier molecular flexibility index (Phi) is 15.2. The van der Waals surface area contributed by atoms with Gasteiger partial charge in [-0.15, -0.1) is 0 Å². The van der Waals surface area contributed by atoms with Crippen LogP contribution in [0.4, 0.5) is 49.4 Å². The molecule has 16 heteroatoms. The van der Waals surface area contributed by atoms with E-state index in [2.05, 4.69) is 26.9 Å². The monoisotopic (exact) mass is 844 g/mol. The van der Waals surface area contributed by atoms with Crippen molar-refractivity contribution >= 4 is 23.0 Å². The highest BCUT2D eigenvalue weighted by atomic mass is 19.4. The van der Waals surface area contributed by atoms with Crippen molar-refractivity contribution in [2.24, 2.45) is 0 Å². The molecule has 0 aliphatic heterocycles. The molecule has 2 heterocycles. The van der Waals surface area contributed by atoms with E-state index in [1.165, 1.54) is 35.5 Å². The number of hydrogen-bond acceptors (Lipinski definition) is 10. The highest BCUT2D eigenvalue weighted by Gasteiger charge is 2.38. The average Bonchev–Trinajstić information content (AvgIpc) is 4.05. The molecule has 0 atom stereocenters. The fourth-order valence-corrected chi connectivity index (χ4v) is 7.56. The van der Waals surface area contributed by atoms with Crippen LogP contribution in [0.15, 0.2) is 60.9 Å². The largest absolute Gasteiger partial charge is 0.490 e. The Hall–Kier alpha value is -5.02. The van der Waals surface area contributed by atoms with Gasteiger partial charge in [0.2, 0.25) is 0 Å². The summed E-state index contributed by atoms with van der Waals surface area (Å²) in [5, 5.41) is 0. The van der Waals surface area contributed by atoms with Crippen molar-refractivity contribution in [1.29, 1.82) is 0 Å². The highest BCUT2D eigenvalue weighted by molar-refractivity contribution is 5.64. The third kappa shape index (κ3) is 12.3. The van der Waals surface area contributed by atoms with Gasteiger partial charge >= 0.3 is 24.4 Å². The molecule has 2 aromatic heterocycles. The van der Waals surface area contributed by atoms with Gasteiger partial charge in [-0.05, 0) is 132 Å². The lowest BCUT2D eigenvalue weighted by molar-refractivity contribution is -0.138. The first-order valence-electron chi connectivity index (χ1n) is 21.0. The van der Waals surface area contributed by atoms with Gasteiger partial charge in [-0.1, -0.05) is 19.8 Å². The van der Waals surface area contributed by atoms with E-state index in [9.17, 15) is 26.3 Å². The molecule has 7 rings (SSSR count). The lowest BCUT2D eigenvalue weighted by Crippen LogP contribution is -2.21. The molecule has 60 heavy (non-hydrogen) atoms. The smallest absolute Gasteiger partial charge is 0.421 e. The number of rotatable bonds is 15. The number of unbranched alkanes of at least 4 members (excludes halogenated alkanes) is 2. The van der Waals surface area contributed by atoms with E-state index in [4.69, 9.17) is 18.9 Å². The van der Waals surface area contributed by atoms with Gasteiger partial charge in [0.25, 0.3) is 0 Å². The second kappa shape index (κ2) is 20.5. The van der Waals surface area contributed by atoms with Crippen LogP contribution in [0.1, 0.15) is 114 Å². The molecule has 4 aromatic rings. The Morgan fingerprint density at radius 2 is 0.933 bits per heavy atom. The zero-order valence-corrected chi connectivity index (χ0v) is 34.4. The minimum absolute atomic E-state index is 0.0158. The second-order valence-corrected chi connectivity index (χ2v) is 15.5. The minimum atomic E-state index is -4.57. The number of nitrogens with zero attached hydrogens (tertiary/aromatic N) is 6. The van der Waals surface area contributed by atoms with E-state index in [0.717, 1.165) is 94.5 Å². The van der Waals surface area contributed by atoms with E-state index in [-0.39, 0.29) is 42.0 Å². The van der Waals surface area contributed by atoms with Crippen molar-refractivity contribution in [3.05, 3.63) is 72.1 Å². The number of hydrogen-bond donors (Lipinski definition) is 0. The van der Waals surface area contributed by atoms with Gasteiger partial charge in [0, 0.05) is 37.9 Å². The van der Waals surface area contributed by atoms with Crippen molar-refractivity contribution < 1.29 is 45.3 Å². The van der Waals surface area contributed by atoms with Gasteiger partial charge in [0.05, 0.1) is 18.8 Å². The maximum absolute atomic E-state index is 13.6. The summed E-state index contributed by atoms with van der Waals surface area (Å²) in [5.74, 6) is 0.975. The molecule has 3 aliphatic carbocycles. The molecule has 2 aromatic carbocycles. The van der Waals surface area contributed by atoms with Crippen molar-refractivity contribution in [2.45, 2.75) is 134 Å². The number of aromatic nitrogens is 4. The van der Waals surface area contributed by atoms with Crippen LogP contribution in [0.2, 0.25) is 0 Å². The first kappa shape index (κ1) is 44.5. The number of ether oxygens (including phenoxy) is 4. The molecule has 3 saturated carbocycles. The van der Waals surface area contributed by atoms with E-state index >= 15 is 0 Å². The maximum Gasteiger partial charge on any atom is 0.421 e. The molecule has 0 radical (unpaired) electrons. The van der Waals surface area contributed by atoms with E-state index in [1.54, 1.807) is 62.6 Å². The molecule has 3 aliphatic rings. The molecular weight excluding hydrogens is 791 g/mol. The molecule has 3 fully saturated rings. The highest BCUT2D eigenvalue weighted by Crippen LogP contribution is 2.40. The summed E-state index contributed by atoms with van der Waals surface area (Å²) in [5.41, 5.74) is -0.660. The van der Waals surface area contributed by atoms with Gasteiger partial charge in [0.1, 0.15) is 28.7 Å². The zero-order valence-electron chi connectivity index (χ0n) is 34.4. The number of halogens is 6. The Balaban J connectivity index is 0.000000201. The first-order chi connectivity index (χ1) is 28.8. The molecule has 0 unspecified atom stereocenters. The van der Waals surface area contributed by atoms with Crippen molar-refractivity contribution in [1.82, 2.24) is 19.9 Å². The fraction of sp³-hybridized carbons (Fsp3) is 0.545. The summed E-state index contributed by atoms with van der Waals surface area (Å²) in [6, 6.07) is 14.0. The van der Waals surface area contributed by atoms with Crippen molar-refractivity contribution in [2.75, 3.05) is 30.5 Å². The van der Waals surface area contributed by atoms with Crippen LogP contribution in [0.3, 0.4) is 0 Å². The topological polar surface area (TPSA) is 95.0 Å². The van der Waals surface area contributed by atoms with E-state index in [0.29, 0.717) is 18.0 Å². The van der Waals surface area contributed by atoms with Crippen molar-refractivity contribution in [3.63, 3.8) is 0 Å². The zero-order chi connectivity index (χ0) is 42.7.